The topological polar surface area (TPSA) is 108 Å². The minimum absolute atomic E-state index is 0.153. The molecule has 0 saturated carbocycles. The highest BCUT2D eigenvalue weighted by Crippen LogP contribution is 2.10. The highest BCUT2D eigenvalue weighted by atomic mass is 16.6. The summed E-state index contributed by atoms with van der Waals surface area (Å²) in [6.07, 6.45) is 20.6. The Kier molecular flexibility index (Phi) is 37.8. The Labute approximate surface area is 279 Å². The predicted octanol–water partition coefficient (Wildman–Crippen LogP) is 6.79. The van der Waals surface area contributed by atoms with Crippen LogP contribution in [0.1, 0.15) is 103 Å². The summed E-state index contributed by atoms with van der Waals surface area (Å²) in [6, 6.07) is 0. The Morgan fingerprint density at radius 2 is 0.587 bits per heavy atom. The fourth-order valence-corrected chi connectivity index (χ4v) is 4.31. The zero-order valence-electron chi connectivity index (χ0n) is 28.9. The Morgan fingerprint density at radius 1 is 0.348 bits per heavy atom. The van der Waals surface area contributed by atoms with Crippen molar-refractivity contribution in [2.75, 3.05) is 92.5 Å². The molecule has 46 heavy (non-hydrogen) atoms. The van der Waals surface area contributed by atoms with Gasteiger partial charge in [-0.15, -0.1) is 13.2 Å². The van der Waals surface area contributed by atoms with E-state index >= 15 is 0 Å². The number of hydrogen-bond donors (Lipinski definition) is 0. The van der Waals surface area contributed by atoms with E-state index in [1.807, 2.05) is 12.2 Å². The molecule has 0 aromatic heterocycles. The molecule has 0 saturated heterocycles. The van der Waals surface area contributed by atoms with Crippen molar-refractivity contribution in [1.82, 2.24) is 0 Å². The Morgan fingerprint density at radius 3 is 0.870 bits per heavy atom. The van der Waals surface area contributed by atoms with E-state index in [2.05, 4.69) is 13.2 Å². The molecule has 0 atom stereocenters. The minimum Gasteiger partial charge on any atom is -0.463 e. The van der Waals surface area contributed by atoms with Gasteiger partial charge in [-0.05, 0) is 38.5 Å². The number of rotatable bonds is 39. The molecule has 0 rings (SSSR count). The van der Waals surface area contributed by atoms with E-state index in [-0.39, 0.29) is 25.2 Å². The van der Waals surface area contributed by atoms with Crippen molar-refractivity contribution in [1.29, 1.82) is 0 Å². The second-order valence-corrected chi connectivity index (χ2v) is 11.0. The lowest BCUT2D eigenvalue weighted by molar-refractivity contribution is -0.146. The Bertz CT molecular complexity index is 617. The lowest BCUT2D eigenvalue weighted by Gasteiger charge is -2.09. The summed E-state index contributed by atoms with van der Waals surface area (Å²) in [5.41, 5.74) is 0. The van der Waals surface area contributed by atoms with Crippen molar-refractivity contribution in [3.05, 3.63) is 25.3 Å². The molecule has 0 fully saturated rings. The zero-order valence-corrected chi connectivity index (χ0v) is 28.9. The summed E-state index contributed by atoms with van der Waals surface area (Å²) in [7, 11) is 0. The van der Waals surface area contributed by atoms with Crippen LogP contribution in [0.15, 0.2) is 25.3 Å². The van der Waals surface area contributed by atoms with Crippen LogP contribution in [0.25, 0.3) is 0 Å². The van der Waals surface area contributed by atoms with E-state index in [1.165, 1.54) is 51.4 Å². The van der Waals surface area contributed by atoms with Gasteiger partial charge in [0.15, 0.2) is 0 Å². The van der Waals surface area contributed by atoms with E-state index in [9.17, 15) is 9.59 Å². The first-order valence-corrected chi connectivity index (χ1v) is 17.7. The van der Waals surface area contributed by atoms with Crippen molar-refractivity contribution in [2.45, 2.75) is 103 Å². The normalized spacial score (nSPS) is 11.0. The van der Waals surface area contributed by atoms with E-state index in [0.29, 0.717) is 92.1 Å². The number of hydrogen-bond acceptors (Lipinski definition) is 10. The molecule has 0 aromatic carbocycles. The number of allylic oxidation sites excluding steroid dienone is 2. The summed E-state index contributed by atoms with van der Waals surface area (Å²) >= 11 is 0. The summed E-state index contributed by atoms with van der Waals surface area (Å²) < 4.78 is 43.1. The van der Waals surface area contributed by atoms with Crippen LogP contribution < -0.4 is 0 Å². The molecule has 0 spiro atoms. The molecule has 10 nitrogen and oxygen atoms in total. The standard InChI is InChI=1S/C36H66O10/c1-3-5-7-9-11-13-15-17-19-35(37)45-33-31-43-29-27-41-25-23-39-21-22-40-24-26-42-28-30-44-32-34-46-36(38)20-18-16-14-12-10-8-6-4-2/h3-4H,1-2,5-34H2. The molecular weight excluding hydrogens is 592 g/mol. The smallest absolute Gasteiger partial charge is 0.305 e. The first-order valence-electron chi connectivity index (χ1n) is 17.7. The molecular formula is C36H66O10. The molecule has 0 amide bonds. The molecule has 10 heteroatoms. The Balaban J connectivity index is 3.17. The molecule has 0 aliphatic rings. The van der Waals surface area contributed by atoms with Crippen LogP contribution in [0.3, 0.4) is 0 Å². The highest BCUT2D eigenvalue weighted by molar-refractivity contribution is 5.69. The zero-order chi connectivity index (χ0) is 33.4. The monoisotopic (exact) mass is 658 g/mol. The van der Waals surface area contributed by atoms with Gasteiger partial charge < -0.3 is 37.9 Å². The van der Waals surface area contributed by atoms with Crippen LogP contribution in [-0.2, 0) is 47.5 Å². The lowest BCUT2D eigenvalue weighted by atomic mass is 10.1. The number of esters is 2. The number of ether oxygens (including phenoxy) is 8. The number of unbranched alkanes of at least 4 members (excludes halogenated alkanes) is 12. The average Bonchev–Trinajstić information content (AvgIpc) is 3.05. The minimum atomic E-state index is -0.153. The molecule has 270 valence electrons. The molecule has 0 unspecified atom stereocenters. The Hall–Kier alpha value is -1.82. The number of carbonyl (C=O) groups excluding carboxylic acids is 2. The van der Waals surface area contributed by atoms with Crippen molar-refractivity contribution in [2.24, 2.45) is 0 Å². The van der Waals surface area contributed by atoms with Crippen molar-refractivity contribution >= 4 is 11.9 Å². The van der Waals surface area contributed by atoms with Gasteiger partial charge in [0.25, 0.3) is 0 Å². The third-order valence-electron chi connectivity index (χ3n) is 6.92. The third-order valence-corrected chi connectivity index (χ3v) is 6.92. The first kappa shape index (κ1) is 44.2. The fraction of sp³-hybridized carbons (Fsp3) is 0.833. The quantitative estimate of drug-likeness (QED) is 0.0398. The maximum atomic E-state index is 11.7. The molecule has 0 aliphatic carbocycles. The summed E-state index contributed by atoms with van der Waals surface area (Å²) in [5.74, 6) is -0.305. The summed E-state index contributed by atoms with van der Waals surface area (Å²) in [5, 5.41) is 0. The second-order valence-electron chi connectivity index (χ2n) is 11.0. The molecule has 0 aromatic rings. The van der Waals surface area contributed by atoms with E-state index in [4.69, 9.17) is 37.9 Å². The van der Waals surface area contributed by atoms with Crippen LogP contribution in [-0.4, -0.2) is 104 Å². The summed E-state index contributed by atoms with van der Waals surface area (Å²) in [4.78, 5) is 23.5. The maximum absolute atomic E-state index is 11.7. The van der Waals surface area contributed by atoms with Crippen LogP contribution >= 0.6 is 0 Å². The molecule has 0 radical (unpaired) electrons. The largest absolute Gasteiger partial charge is 0.463 e. The van der Waals surface area contributed by atoms with Crippen LogP contribution in [0, 0.1) is 0 Å². The van der Waals surface area contributed by atoms with Gasteiger partial charge in [-0.2, -0.15) is 0 Å². The average molecular weight is 659 g/mol. The lowest BCUT2D eigenvalue weighted by Crippen LogP contribution is -2.15. The SMILES string of the molecule is C=CCCCCCCCCC(=O)OCCOCCOCCOCCOCCOCCOCCOC(=O)CCCCCCCCC=C. The van der Waals surface area contributed by atoms with E-state index in [1.54, 1.807) is 0 Å². The van der Waals surface area contributed by atoms with E-state index < -0.39 is 0 Å². The molecule has 0 heterocycles. The van der Waals surface area contributed by atoms with Crippen LogP contribution in [0.5, 0.6) is 0 Å². The first-order chi connectivity index (χ1) is 22.7. The fourth-order valence-electron chi connectivity index (χ4n) is 4.31. The van der Waals surface area contributed by atoms with Crippen molar-refractivity contribution in [3.63, 3.8) is 0 Å². The molecule has 0 aliphatic heterocycles. The van der Waals surface area contributed by atoms with Gasteiger partial charge in [0.05, 0.1) is 79.3 Å². The van der Waals surface area contributed by atoms with E-state index in [0.717, 1.165) is 38.5 Å². The van der Waals surface area contributed by atoms with Gasteiger partial charge in [-0.25, -0.2) is 0 Å². The van der Waals surface area contributed by atoms with Gasteiger partial charge in [-0.3, -0.25) is 9.59 Å². The van der Waals surface area contributed by atoms with Gasteiger partial charge in [-0.1, -0.05) is 63.5 Å². The van der Waals surface area contributed by atoms with Gasteiger partial charge in [0, 0.05) is 12.8 Å². The van der Waals surface area contributed by atoms with Crippen LogP contribution in [0.4, 0.5) is 0 Å². The molecule has 0 bridgehead atoms. The molecule has 0 N–H and O–H groups in total. The van der Waals surface area contributed by atoms with Gasteiger partial charge >= 0.3 is 11.9 Å². The van der Waals surface area contributed by atoms with Gasteiger partial charge in [0.1, 0.15) is 13.2 Å². The highest BCUT2D eigenvalue weighted by Gasteiger charge is 2.04. The number of carbonyl (C=O) groups is 2. The van der Waals surface area contributed by atoms with Crippen LogP contribution in [0.2, 0.25) is 0 Å². The predicted molar refractivity (Wildman–Crippen MR) is 181 cm³/mol. The van der Waals surface area contributed by atoms with Gasteiger partial charge in [0.2, 0.25) is 0 Å². The summed E-state index contributed by atoms with van der Waals surface area (Å²) in [6.45, 7) is 13.5. The maximum Gasteiger partial charge on any atom is 0.305 e. The van der Waals surface area contributed by atoms with Crippen molar-refractivity contribution in [3.8, 4) is 0 Å². The second kappa shape index (κ2) is 39.4. The third kappa shape index (κ3) is 38.4. The van der Waals surface area contributed by atoms with Crippen molar-refractivity contribution < 1.29 is 47.5 Å².